The van der Waals surface area contributed by atoms with E-state index in [0.29, 0.717) is 12.6 Å². The molecular weight excluding hydrogens is 244 g/mol. The quantitative estimate of drug-likeness (QED) is 0.864. The van der Waals surface area contributed by atoms with Crippen LogP contribution in [0.3, 0.4) is 0 Å². The van der Waals surface area contributed by atoms with Gasteiger partial charge in [-0.05, 0) is 25.5 Å². The summed E-state index contributed by atoms with van der Waals surface area (Å²) in [5.41, 5.74) is 0. The van der Waals surface area contributed by atoms with E-state index in [1.54, 1.807) is 0 Å². The molecule has 2 aromatic heterocycles. The predicted molar refractivity (Wildman–Crippen MR) is 74.8 cm³/mol. The maximum absolute atomic E-state index is 5.58. The molecule has 98 valence electrons. The summed E-state index contributed by atoms with van der Waals surface area (Å²) >= 11 is 1.87. The van der Waals surface area contributed by atoms with E-state index in [4.69, 9.17) is 4.42 Å². The third-order valence-electron chi connectivity index (χ3n) is 2.97. The van der Waals surface area contributed by atoms with Crippen molar-refractivity contribution in [2.45, 2.75) is 46.2 Å². The zero-order chi connectivity index (χ0) is 13.0. The van der Waals surface area contributed by atoms with Crippen LogP contribution in [-0.2, 0) is 19.4 Å². The Morgan fingerprint density at radius 1 is 1.33 bits per heavy atom. The summed E-state index contributed by atoms with van der Waals surface area (Å²) in [5.74, 6) is 1.72. The highest BCUT2D eigenvalue weighted by Gasteiger charge is 2.09. The Morgan fingerprint density at radius 2 is 2.17 bits per heavy atom. The minimum Gasteiger partial charge on any atom is -0.444 e. The Labute approximate surface area is 112 Å². The fourth-order valence-corrected chi connectivity index (χ4v) is 2.73. The van der Waals surface area contributed by atoms with Gasteiger partial charge >= 0.3 is 0 Å². The molecule has 0 aliphatic carbocycles. The first-order valence-corrected chi connectivity index (χ1v) is 7.30. The lowest BCUT2D eigenvalue weighted by Gasteiger charge is -2.09. The largest absolute Gasteiger partial charge is 0.444 e. The molecule has 0 radical (unpaired) electrons. The molecule has 0 aliphatic heterocycles. The maximum Gasteiger partial charge on any atom is 0.208 e. The first-order valence-electron chi connectivity index (χ1n) is 6.48. The Kier molecular flexibility index (Phi) is 4.55. The summed E-state index contributed by atoms with van der Waals surface area (Å²) in [7, 11) is 0. The van der Waals surface area contributed by atoms with Crippen molar-refractivity contribution >= 4 is 11.3 Å². The molecule has 2 heterocycles. The van der Waals surface area contributed by atoms with Gasteiger partial charge in [0.15, 0.2) is 0 Å². The van der Waals surface area contributed by atoms with E-state index in [1.807, 2.05) is 17.5 Å². The van der Waals surface area contributed by atoms with Crippen LogP contribution in [0.2, 0.25) is 0 Å². The fraction of sp³-hybridized carbons (Fsp3) is 0.500. The highest BCUT2D eigenvalue weighted by Crippen LogP contribution is 2.23. The van der Waals surface area contributed by atoms with Crippen LogP contribution in [0.5, 0.6) is 0 Å². The Bertz CT molecular complexity index is 489. The molecule has 0 saturated heterocycles. The number of aromatic nitrogens is 1. The number of hydrogen-bond donors (Lipinski definition) is 1. The van der Waals surface area contributed by atoms with Crippen molar-refractivity contribution in [1.29, 1.82) is 0 Å². The molecular formula is C14H20N2OS. The van der Waals surface area contributed by atoms with Gasteiger partial charge in [-0.25, -0.2) is 4.98 Å². The van der Waals surface area contributed by atoms with Gasteiger partial charge in [0.05, 0.1) is 12.7 Å². The molecule has 18 heavy (non-hydrogen) atoms. The highest BCUT2D eigenvalue weighted by molar-refractivity contribution is 7.12. The SMILES string of the molecule is CCc1cnc(CNC(C)c2ccc(CC)s2)o1. The zero-order valence-electron chi connectivity index (χ0n) is 11.2. The van der Waals surface area contributed by atoms with Gasteiger partial charge in [-0.3, -0.25) is 0 Å². The standard InChI is InChI=1S/C14H20N2OS/c1-4-11-8-16-14(17-11)9-15-10(3)13-7-6-12(5-2)18-13/h6-8,10,15H,4-5,9H2,1-3H3. The molecule has 0 aromatic carbocycles. The Balaban J connectivity index is 1.89. The summed E-state index contributed by atoms with van der Waals surface area (Å²) in [4.78, 5) is 7.05. The van der Waals surface area contributed by atoms with Crippen molar-refractivity contribution < 1.29 is 4.42 Å². The average Bonchev–Trinajstić information content (AvgIpc) is 3.04. The van der Waals surface area contributed by atoms with Gasteiger partial charge in [0.2, 0.25) is 5.89 Å². The average molecular weight is 264 g/mol. The number of thiophene rings is 1. The molecule has 2 rings (SSSR count). The van der Waals surface area contributed by atoms with Crippen molar-refractivity contribution in [3.8, 4) is 0 Å². The molecule has 0 amide bonds. The molecule has 3 nitrogen and oxygen atoms in total. The molecule has 0 spiro atoms. The van der Waals surface area contributed by atoms with Crippen LogP contribution in [0.25, 0.3) is 0 Å². The van der Waals surface area contributed by atoms with E-state index in [2.05, 4.69) is 43.2 Å². The molecule has 2 aromatic rings. The van der Waals surface area contributed by atoms with Gasteiger partial charge in [-0.2, -0.15) is 0 Å². The molecule has 0 fully saturated rings. The first kappa shape index (κ1) is 13.3. The van der Waals surface area contributed by atoms with Crippen LogP contribution in [0.4, 0.5) is 0 Å². The summed E-state index contributed by atoms with van der Waals surface area (Å²) in [5, 5.41) is 3.44. The van der Waals surface area contributed by atoms with Crippen LogP contribution in [-0.4, -0.2) is 4.98 Å². The second kappa shape index (κ2) is 6.16. The van der Waals surface area contributed by atoms with Crippen LogP contribution >= 0.6 is 11.3 Å². The van der Waals surface area contributed by atoms with E-state index in [0.717, 1.165) is 24.5 Å². The summed E-state index contributed by atoms with van der Waals surface area (Å²) < 4.78 is 5.58. The molecule has 1 N–H and O–H groups in total. The van der Waals surface area contributed by atoms with Gasteiger partial charge in [-0.1, -0.05) is 13.8 Å². The van der Waals surface area contributed by atoms with Crippen molar-refractivity contribution in [2.75, 3.05) is 0 Å². The molecule has 0 aliphatic rings. The Hall–Kier alpha value is -1.13. The second-order valence-corrected chi connectivity index (χ2v) is 5.53. The normalized spacial score (nSPS) is 12.8. The summed E-state index contributed by atoms with van der Waals surface area (Å²) in [6, 6.07) is 4.75. The molecule has 0 saturated carbocycles. The summed E-state index contributed by atoms with van der Waals surface area (Å²) in [6.07, 6.45) is 3.81. The number of nitrogens with one attached hydrogen (secondary N) is 1. The van der Waals surface area contributed by atoms with Crippen LogP contribution < -0.4 is 5.32 Å². The topological polar surface area (TPSA) is 38.1 Å². The van der Waals surface area contributed by atoms with E-state index in [9.17, 15) is 0 Å². The van der Waals surface area contributed by atoms with E-state index in [1.165, 1.54) is 9.75 Å². The number of aryl methyl sites for hydroxylation is 2. The number of hydrogen-bond acceptors (Lipinski definition) is 4. The van der Waals surface area contributed by atoms with Gasteiger partial charge < -0.3 is 9.73 Å². The van der Waals surface area contributed by atoms with Gasteiger partial charge in [0.1, 0.15) is 5.76 Å². The van der Waals surface area contributed by atoms with Crippen molar-refractivity contribution in [3.05, 3.63) is 39.7 Å². The lowest BCUT2D eigenvalue weighted by molar-refractivity contribution is 0.425. The van der Waals surface area contributed by atoms with Gasteiger partial charge in [0.25, 0.3) is 0 Å². The maximum atomic E-state index is 5.58. The smallest absolute Gasteiger partial charge is 0.208 e. The van der Waals surface area contributed by atoms with Crippen LogP contribution in [0.1, 0.15) is 48.2 Å². The second-order valence-electron chi connectivity index (χ2n) is 4.33. The molecule has 1 unspecified atom stereocenters. The Morgan fingerprint density at radius 3 is 2.78 bits per heavy atom. The first-order chi connectivity index (χ1) is 8.72. The lowest BCUT2D eigenvalue weighted by atomic mass is 10.2. The van der Waals surface area contributed by atoms with E-state index >= 15 is 0 Å². The van der Waals surface area contributed by atoms with Crippen LogP contribution in [0.15, 0.2) is 22.7 Å². The van der Waals surface area contributed by atoms with E-state index < -0.39 is 0 Å². The lowest BCUT2D eigenvalue weighted by Crippen LogP contribution is -2.17. The van der Waals surface area contributed by atoms with Crippen molar-refractivity contribution in [1.82, 2.24) is 10.3 Å². The predicted octanol–water partition coefficient (Wildman–Crippen LogP) is 3.71. The number of oxazole rings is 1. The molecule has 0 bridgehead atoms. The molecule has 1 atom stereocenters. The van der Waals surface area contributed by atoms with E-state index in [-0.39, 0.29) is 0 Å². The highest BCUT2D eigenvalue weighted by atomic mass is 32.1. The number of rotatable bonds is 6. The third-order valence-corrected chi connectivity index (χ3v) is 4.38. The third kappa shape index (κ3) is 3.21. The number of nitrogens with zero attached hydrogens (tertiary/aromatic N) is 1. The minimum absolute atomic E-state index is 0.340. The zero-order valence-corrected chi connectivity index (χ0v) is 12.0. The monoisotopic (exact) mass is 264 g/mol. The van der Waals surface area contributed by atoms with Crippen molar-refractivity contribution in [3.63, 3.8) is 0 Å². The molecule has 4 heteroatoms. The van der Waals surface area contributed by atoms with Gasteiger partial charge in [0, 0.05) is 22.2 Å². The fourth-order valence-electron chi connectivity index (χ4n) is 1.75. The van der Waals surface area contributed by atoms with Crippen molar-refractivity contribution in [2.24, 2.45) is 0 Å². The minimum atomic E-state index is 0.340. The van der Waals surface area contributed by atoms with Crippen LogP contribution in [0, 0.1) is 0 Å². The van der Waals surface area contributed by atoms with Gasteiger partial charge in [-0.15, -0.1) is 11.3 Å². The summed E-state index contributed by atoms with van der Waals surface area (Å²) in [6.45, 7) is 7.11.